The Kier molecular flexibility index (Phi) is 6.26. The van der Waals surface area contributed by atoms with E-state index in [1.165, 1.54) is 30.2 Å². The number of hydrogen-bond donors (Lipinski definition) is 0. The number of hydrogen-bond acceptors (Lipinski definition) is 4. The van der Waals surface area contributed by atoms with Crippen molar-refractivity contribution >= 4 is 23.5 Å². The molecule has 2 rings (SSSR count). The number of esters is 1. The van der Waals surface area contributed by atoms with Gasteiger partial charge in [-0.05, 0) is 23.8 Å². The minimum Gasteiger partial charge on any atom is -0.469 e. The van der Waals surface area contributed by atoms with Gasteiger partial charge in [-0.2, -0.15) is 0 Å². The van der Waals surface area contributed by atoms with E-state index in [4.69, 9.17) is 11.6 Å². The fourth-order valence-corrected chi connectivity index (χ4v) is 2.40. The number of halogens is 2. The molecule has 0 unspecified atom stereocenters. The van der Waals surface area contributed by atoms with E-state index in [1.807, 2.05) is 0 Å². The van der Waals surface area contributed by atoms with Gasteiger partial charge in [0.15, 0.2) is 0 Å². The second-order valence-corrected chi connectivity index (χ2v) is 5.42. The number of ether oxygens (including phenoxy) is 1. The van der Waals surface area contributed by atoms with Crippen molar-refractivity contribution in [1.82, 2.24) is 9.88 Å². The highest BCUT2D eigenvalue weighted by Gasteiger charge is 2.23. The Morgan fingerprint density at radius 2 is 2.08 bits per heavy atom. The number of carbonyl (C=O) groups is 2. The van der Waals surface area contributed by atoms with Crippen molar-refractivity contribution in [2.75, 3.05) is 13.7 Å². The number of rotatable bonds is 6. The predicted octanol–water partition coefficient (Wildman–Crippen LogP) is 3.08. The minimum atomic E-state index is -0.707. The Morgan fingerprint density at radius 3 is 2.71 bits per heavy atom. The first-order chi connectivity index (χ1) is 11.5. The summed E-state index contributed by atoms with van der Waals surface area (Å²) in [7, 11) is 1.27. The van der Waals surface area contributed by atoms with Gasteiger partial charge in [0.1, 0.15) is 5.82 Å². The Balaban J connectivity index is 2.26. The highest BCUT2D eigenvalue weighted by Crippen LogP contribution is 2.22. The van der Waals surface area contributed by atoms with Gasteiger partial charge in [0.25, 0.3) is 5.91 Å². The second kappa shape index (κ2) is 8.40. The molecule has 0 spiro atoms. The van der Waals surface area contributed by atoms with Crippen LogP contribution < -0.4 is 0 Å². The molecule has 126 valence electrons. The van der Waals surface area contributed by atoms with Crippen molar-refractivity contribution in [2.45, 2.75) is 13.0 Å². The van der Waals surface area contributed by atoms with Crippen LogP contribution in [-0.2, 0) is 16.1 Å². The number of methoxy groups -OCH3 is 1. The van der Waals surface area contributed by atoms with Gasteiger partial charge in [-0.15, -0.1) is 0 Å². The van der Waals surface area contributed by atoms with E-state index < -0.39 is 17.7 Å². The highest BCUT2D eigenvalue weighted by molar-refractivity contribution is 6.33. The first-order valence-electron chi connectivity index (χ1n) is 7.22. The molecule has 0 radical (unpaired) electrons. The molecule has 0 aliphatic carbocycles. The molecule has 0 saturated heterocycles. The van der Waals surface area contributed by atoms with E-state index >= 15 is 0 Å². The first kappa shape index (κ1) is 17.9. The van der Waals surface area contributed by atoms with Gasteiger partial charge in [0.2, 0.25) is 0 Å². The zero-order chi connectivity index (χ0) is 17.5. The quantitative estimate of drug-likeness (QED) is 0.751. The molecular weight excluding hydrogens is 335 g/mol. The maximum absolute atomic E-state index is 14.0. The second-order valence-electron chi connectivity index (χ2n) is 5.01. The molecule has 0 N–H and O–H groups in total. The summed E-state index contributed by atoms with van der Waals surface area (Å²) in [6.07, 6.45) is 3.20. The average molecular weight is 351 g/mol. The molecule has 1 amide bonds. The summed E-state index contributed by atoms with van der Waals surface area (Å²) in [4.78, 5) is 29.4. The van der Waals surface area contributed by atoms with Crippen LogP contribution >= 0.6 is 11.6 Å². The standard InChI is InChI=1S/C17H16ClFN2O3/c1-24-15(22)7-9-21(11-12-4-3-8-20-10-12)17(23)16-13(18)5-2-6-14(16)19/h2-6,8,10H,7,9,11H2,1H3. The van der Waals surface area contributed by atoms with Crippen LogP contribution in [0.2, 0.25) is 5.02 Å². The molecule has 5 nitrogen and oxygen atoms in total. The molecule has 0 fully saturated rings. The van der Waals surface area contributed by atoms with Gasteiger partial charge in [-0.1, -0.05) is 23.7 Å². The molecule has 1 aromatic carbocycles. The van der Waals surface area contributed by atoms with Crippen LogP contribution in [-0.4, -0.2) is 35.4 Å². The van der Waals surface area contributed by atoms with E-state index in [0.717, 1.165) is 5.56 Å². The van der Waals surface area contributed by atoms with Crippen LogP contribution in [0, 0.1) is 5.82 Å². The maximum Gasteiger partial charge on any atom is 0.307 e. The van der Waals surface area contributed by atoms with E-state index in [1.54, 1.807) is 24.5 Å². The lowest BCUT2D eigenvalue weighted by Gasteiger charge is -2.23. The molecule has 24 heavy (non-hydrogen) atoms. The molecule has 2 aromatic rings. The molecular formula is C17H16ClFN2O3. The van der Waals surface area contributed by atoms with Gasteiger partial charge in [0.05, 0.1) is 24.1 Å². The van der Waals surface area contributed by atoms with Gasteiger partial charge in [-0.3, -0.25) is 14.6 Å². The minimum absolute atomic E-state index is 0.00538. The van der Waals surface area contributed by atoms with Crippen molar-refractivity contribution in [3.05, 3.63) is 64.7 Å². The third-order valence-electron chi connectivity index (χ3n) is 3.37. The topological polar surface area (TPSA) is 59.5 Å². The molecule has 7 heteroatoms. The Morgan fingerprint density at radius 1 is 1.29 bits per heavy atom. The van der Waals surface area contributed by atoms with E-state index in [0.29, 0.717) is 0 Å². The number of benzene rings is 1. The van der Waals surface area contributed by atoms with Crippen LogP contribution in [0.4, 0.5) is 4.39 Å². The van der Waals surface area contributed by atoms with Crippen molar-refractivity contribution in [3.8, 4) is 0 Å². The molecule has 0 atom stereocenters. The monoisotopic (exact) mass is 350 g/mol. The van der Waals surface area contributed by atoms with Crippen LogP contribution in [0.25, 0.3) is 0 Å². The van der Waals surface area contributed by atoms with Crippen LogP contribution in [0.3, 0.4) is 0 Å². The third kappa shape index (κ3) is 4.52. The molecule has 1 heterocycles. The fraction of sp³-hybridized carbons (Fsp3) is 0.235. The van der Waals surface area contributed by atoms with Crippen LogP contribution in [0.5, 0.6) is 0 Å². The summed E-state index contributed by atoms with van der Waals surface area (Å²) in [6, 6.07) is 7.55. The lowest BCUT2D eigenvalue weighted by atomic mass is 10.1. The summed E-state index contributed by atoms with van der Waals surface area (Å²) in [6.45, 7) is 0.249. The fourth-order valence-electron chi connectivity index (χ4n) is 2.15. The molecule has 1 aromatic heterocycles. The van der Waals surface area contributed by atoms with Crippen molar-refractivity contribution < 1.29 is 18.7 Å². The number of aromatic nitrogens is 1. The lowest BCUT2D eigenvalue weighted by Crippen LogP contribution is -2.33. The summed E-state index contributed by atoms with van der Waals surface area (Å²) in [5.41, 5.74) is 0.538. The van der Waals surface area contributed by atoms with Gasteiger partial charge in [0, 0.05) is 25.5 Å². The van der Waals surface area contributed by atoms with Crippen LogP contribution in [0.1, 0.15) is 22.3 Å². The van der Waals surface area contributed by atoms with Gasteiger partial charge in [-0.25, -0.2) is 4.39 Å². The van der Waals surface area contributed by atoms with Crippen molar-refractivity contribution in [2.24, 2.45) is 0 Å². The molecule has 0 bridgehead atoms. The lowest BCUT2D eigenvalue weighted by molar-refractivity contribution is -0.140. The Bertz CT molecular complexity index is 705. The van der Waals surface area contributed by atoms with E-state index in [-0.39, 0.29) is 30.1 Å². The number of pyridine rings is 1. The third-order valence-corrected chi connectivity index (χ3v) is 3.69. The summed E-state index contributed by atoms with van der Waals surface area (Å²) < 4.78 is 18.6. The van der Waals surface area contributed by atoms with E-state index in [2.05, 4.69) is 9.72 Å². The highest BCUT2D eigenvalue weighted by atomic mass is 35.5. The maximum atomic E-state index is 14.0. The Labute approximate surface area is 144 Å². The smallest absolute Gasteiger partial charge is 0.307 e. The molecule has 0 saturated carbocycles. The van der Waals surface area contributed by atoms with Gasteiger partial charge < -0.3 is 9.64 Å². The normalized spacial score (nSPS) is 10.3. The Hall–Kier alpha value is -2.47. The first-order valence-corrected chi connectivity index (χ1v) is 7.59. The molecule has 0 aliphatic heterocycles. The summed E-state index contributed by atoms with van der Waals surface area (Å²) in [5, 5.41) is 0.0225. The molecule has 0 aliphatic rings. The number of nitrogens with zero attached hydrogens (tertiary/aromatic N) is 2. The zero-order valence-corrected chi connectivity index (χ0v) is 13.8. The zero-order valence-electron chi connectivity index (χ0n) is 13.0. The van der Waals surface area contributed by atoms with E-state index in [9.17, 15) is 14.0 Å². The largest absolute Gasteiger partial charge is 0.469 e. The SMILES string of the molecule is COC(=O)CCN(Cc1cccnc1)C(=O)c1c(F)cccc1Cl. The van der Waals surface area contributed by atoms with Crippen molar-refractivity contribution in [1.29, 1.82) is 0 Å². The van der Waals surface area contributed by atoms with Gasteiger partial charge >= 0.3 is 5.97 Å². The summed E-state index contributed by atoms with van der Waals surface area (Å²) in [5.74, 6) is -1.76. The average Bonchev–Trinajstić information content (AvgIpc) is 2.58. The number of carbonyl (C=O) groups excluding carboxylic acids is 2. The predicted molar refractivity (Wildman–Crippen MR) is 87.0 cm³/mol. The van der Waals surface area contributed by atoms with Crippen LogP contribution in [0.15, 0.2) is 42.7 Å². The van der Waals surface area contributed by atoms with Crippen molar-refractivity contribution in [3.63, 3.8) is 0 Å². The number of amides is 1. The summed E-state index contributed by atoms with van der Waals surface area (Å²) >= 11 is 5.97.